The predicted molar refractivity (Wildman–Crippen MR) is 93.7 cm³/mol. The van der Waals surface area contributed by atoms with E-state index in [9.17, 15) is 4.79 Å². The van der Waals surface area contributed by atoms with Gasteiger partial charge in [-0.1, -0.05) is 28.1 Å². The second-order valence-electron chi connectivity index (χ2n) is 5.45. The summed E-state index contributed by atoms with van der Waals surface area (Å²) in [5.41, 5.74) is 5.13. The van der Waals surface area contributed by atoms with Gasteiger partial charge in [0.1, 0.15) is 5.75 Å². The van der Waals surface area contributed by atoms with E-state index in [2.05, 4.69) is 21.2 Å². The number of ether oxygens (including phenoxy) is 1. The molecule has 0 radical (unpaired) electrons. The smallest absolute Gasteiger partial charge is 0.262 e. The van der Waals surface area contributed by atoms with Gasteiger partial charge < -0.3 is 10.1 Å². The van der Waals surface area contributed by atoms with Gasteiger partial charge in [-0.25, -0.2) is 0 Å². The first-order valence-electron chi connectivity index (χ1n) is 7.14. The molecule has 0 heterocycles. The highest BCUT2D eigenvalue weighted by Crippen LogP contribution is 2.26. The van der Waals surface area contributed by atoms with Crippen LogP contribution in [0.2, 0.25) is 0 Å². The number of benzene rings is 2. The summed E-state index contributed by atoms with van der Waals surface area (Å²) >= 11 is 3.48. The van der Waals surface area contributed by atoms with Crippen LogP contribution in [0, 0.1) is 27.7 Å². The SMILES string of the molecule is Cc1cc(OCC(=O)Nc2cccc(C)c2C)c(C)cc1Br. The van der Waals surface area contributed by atoms with Gasteiger partial charge in [0.05, 0.1) is 0 Å². The molecule has 2 rings (SSSR count). The number of aryl methyl sites for hydroxylation is 3. The molecule has 0 bridgehead atoms. The van der Waals surface area contributed by atoms with Crippen LogP contribution in [0.3, 0.4) is 0 Å². The van der Waals surface area contributed by atoms with Crippen molar-refractivity contribution in [3.8, 4) is 5.75 Å². The summed E-state index contributed by atoms with van der Waals surface area (Å²) in [6, 6.07) is 9.78. The van der Waals surface area contributed by atoms with Gasteiger partial charge in [0, 0.05) is 10.2 Å². The van der Waals surface area contributed by atoms with Gasteiger partial charge in [0.25, 0.3) is 5.91 Å². The number of carbonyl (C=O) groups is 1. The van der Waals surface area contributed by atoms with Crippen LogP contribution in [0.25, 0.3) is 0 Å². The molecule has 116 valence electrons. The highest BCUT2D eigenvalue weighted by atomic mass is 79.9. The fourth-order valence-corrected chi connectivity index (χ4v) is 2.58. The Labute approximate surface area is 139 Å². The lowest BCUT2D eigenvalue weighted by atomic mass is 10.1. The summed E-state index contributed by atoms with van der Waals surface area (Å²) < 4.78 is 6.68. The van der Waals surface area contributed by atoms with Crippen molar-refractivity contribution in [1.29, 1.82) is 0 Å². The Balaban J connectivity index is 2.02. The van der Waals surface area contributed by atoms with Gasteiger partial charge in [-0.05, 0) is 68.1 Å². The molecule has 1 N–H and O–H groups in total. The molecule has 2 aromatic rings. The maximum Gasteiger partial charge on any atom is 0.262 e. The fraction of sp³-hybridized carbons (Fsp3) is 0.278. The molecule has 1 amide bonds. The van der Waals surface area contributed by atoms with Crippen LogP contribution >= 0.6 is 15.9 Å². The predicted octanol–water partition coefficient (Wildman–Crippen LogP) is 4.70. The fourth-order valence-electron chi connectivity index (χ4n) is 2.13. The van der Waals surface area contributed by atoms with Gasteiger partial charge in [-0.3, -0.25) is 4.79 Å². The van der Waals surface area contributed by atoms with Crippen molar-refractivity contribution < 1.29 is 9.53 Å². The van der Waals surface area contributed by atoms with E-state index >= 15 is 0 Å². The zero-order valence-corrected chi connectivity index (χ0v) is 14.9. The number of anilines is 1. The first-order valence-corrected chi connectivity index (χ1v) is 7.93. The first kappa shape index (κ1) is 16.6. The van der Waals surface area contributed by atoms with Crippen LogP contribution in [0.15, 0.2) is 34.8 Å². The molecule has 4 heteroatoms. The van der Waals surface area contributed by atoms with Crippen LogP contribution < -0.4 is 10.1 Å². The van der Waals surface area contributed by atoms with Crippen molar-refractivity contribution in [1.82, 2.24) is 0 Å². The molecule has 0 atom stereocenters. The minimum absolute atomic E-state index is 0.00467. The van der Waals surface area contributed by atoms with Crippen molar-refractivity contribution in [3.05, 3.63) is 57.1 Å². The van der Waals surface area contributed by atoms with Crippen molar-refractivity contribution in [2.24, 2.45) is 0 Å². The van der Waals surface area contributed by atoms with Gasteiger partial charge in [0.2, 0.25) is 0 Å². The van der Waals surface area contributed by atoms with Crippen molar-refractivity contribution >= 4 is 27.5 Å². The molecular formula is C18H20BrNO2. The summed E-state index contributed by atoms with van der Waals surface area (Å²) in [5.74, 6) is 0.575. The van der Waals surface area contributed by atoms with E-state index in [0.717, 1.165) is 38.2 Å². The molecule has 0 aliphatic rings. The molecule has 3 nitrogen and oxygen atoms in total. The third-order valence-corrected chi connectivity index (χ3v) is 4.55. The number of carbonyl (C=O) groups excluding carboxylic acids is 1. The zero-order valence-electron chi connectivity index (χ0n) is 13.3. The zero-order chi connectivity index (χ0) is 16.3. The Hall–Kier alpha value is -1.81. The average molecular weight is 362 g/mol. The second kappa shape index (κ2) is 6.97. The third kappa shape index (κ3) is 3.89. The van der Waals surface area contributed by atoms with E-state index in [1.54, 1.807) is 0 Å². The number of rotatable bonds is 4. The molecule has 22 heavy (non-hydrogen) atoms. The Morgan fingerprint density at radius 3 is 2.55 bits per heavy atom. The molecule has 0 unspecified atom stereocenters. The highest BCUT2D eigenvalue weighted by Gasteiger charge is 2.09. The van der Waals surface area contributed by atoms with Gasteiger partial charge in [0.15, 0.2) is 6.61 Å². The van der Waals surface area contributed by atoms with Crippen LogP contribution in [0.1, 0.15) is 22.3 Å². The summed E-state index contributed by atoms with van der Waals surface area (Å²) in [4.78, 5) is 12.1. The highest BCUT2D eigenvalue weighted by molar-refractivity contribution is 9.10. The van der Waals surface area contributed by atoms with Crippen molar-refractivity contribution in [2.75, 3.05) is 11.9 Å². The maximum atomic E-state index is 12.1. The normalized spacial score (nSPS) is 10.4. The molecule has 0 saturated heterocycles. The van der Waals surface area contributed by atoms with Crippen LogP contribution in [-0.4, -0.2) is 12.5 Å². The minimum Gasteiger partial charge on any atom is -0.483 e. The van der Waals surface area contributed by atoms with E-state index in [0.29, 0.717) is 0 Å². The molecule has 0 spiro atoms. The summed E-state index contributed by atoms with van der Waals surface area (Å²) in [6.45, 7) is 7.97. The molecule has 2 aromatic carbocycles. The number of halogens is 1. The van der Waals surface area contributed by atoms with E-state index in [1.165, 1.54) is 0 Å². The Kier molecular flexibility index (Phi) is 5.24. The summed E-state index contributed by atoms with van der Waals surface area (Å²) in [6.07, 6.45) is 0. The van der Waals surface area contributed by atoms with Crippen LogP contribution in [0.5, 0.6) is 5.75 Å². The van der Waals surface area contributed by atoms with Gasteiger partial charge >= 0.3 is 0 Å². The van der Waals surface area contributed by atoms with Crippen molar-refractivity contribution in [3.63, 3.8) is 0 Å². The molecule has 0 aliphatic heterocycles. The average Bonchev–Trinajstić information content (AvgIpc) is 2.46. The second-order valence-corrected chi connectivity index (χ2v) is 6.31. The minimum atomic E-state index is -0.159. The van der Waals surface area contributed by atoms with E-state index in [4.69, 9.17) is 4.74 Å². The Morgan fingerprint density at radius 1 is 1.09 bits per heavy atom. The quantitative estimate of drug-likeness (QED) is 0.856. The van der Waals surface area contributed by atoms with Gasteiger partial charge in [-0.2, -0.15) is 0 Å². The Morgan fingerprint density at radius 2 is 1.82 bits per heavy atom. The maximum absolute atomic E-state index is 12.1. The molecule has 0 saturated carbocycles. The monoisotopic (exact) mass is 361 g/mol. The molecule has 0 fully saturated rings. The third-order valence-electron chi connectivity index (χ3n) is 3.69. The van der Waals surface area contributed by atoms with Crippen LogP contribution in [-0.2, 0) is 4.79 Å². The Bertz CT molecular complexity index is 710. The number of hydrogen-bond donors (Lipinski definition) is 1. The number of amides is 1. The van der Waals surface area contributed by atoms with Crippen molar-refractivity contribution in [2.45, 2.75) is 27.7 Å². The van der Waals surface area contributed by atoms with Crippen LogP contribution in [0.4, 0.5) is 5.69 Å². The largest absolute Gasteiger partial charge is 0.483 e. The van der Waals surface area contributed by atoms with E-state index < -0.39 is 0 Å². The molecule has 0 aromatic heterocycles. The topological polar surface area (TPSA) is 38.3 Å². The molecular weight excluding hydrogens is 342 g/mol. The van der Waals surface area contributed by atoms with E-state index in [1.807, 2.05) is 58.0 Å². The molecule has 0 aliphatic carbocycles. The number of hydrogen-bond acceptors (Lipinski definition) is 2. The van der Waals surface area contributed by atoms with Gasteiger partial charge in [-0.15, -0.1) is 0 Å². The summed E-state index contributed by atoms with van der Waals surface area (Å²) in [7, 11) is 0. The lowest BCUT2D eigenvalue weighted by Gasteiger charge is -2.13. The summed E-state index contributed by atoms with van der Waals surface area (Å²) in [5, 5.41) is 2.89. The lowest BCUT2D eigenvalue weighted by molar-refractivity contribution is -0.118. The lowest BCUT2D eigenvalue weighted by Crippen LogP contribution is -2.21. The first-order chi connectivity index (χ1) is 10.4. The van der Waals surface area contributed by atoms with E-state index in [-0.39, 0.29) is 12.5 Å². The number of nitrogens with one attached hydrogen (secondary N) is 1. The standard InChI is InChI=1S/C18H20BrNO2/c1-11-6-5-7-16(14(11)4)20-18(21)10-22-17-9-12(2)15(19)8-13(17)3/h5-9H,10H2,1-4H3,(H,20,21).